The molecule has 2 aromatic rings. The highest BCUT2D eigenvalue weighted by Crippen LogP contribution is 2.18. The molecule has 1 aliphatic rings. The summed E-state index contributed by atoms with van der Waals surface area (Å²) >= 11 is 0. The molecular weight excluding hydrogens is 291 g/mol. The quantitative estimate of drug-likeness (QED) is 0.845. The van der Waals surface area contributed by atoms with Gasteiger partial charge in [-0.3, -0.25) is 4.79 Å². The second kappa shape index (κ2) is 7.36. The summed E-state index contributed by atoms with van der Waals surface area (Å²) < 4.78 is 14.8. The third-order valence-electron chi connectivity index (χ3n) is 4.32. The lowest BCUT2D eigenvalue weighted by Gasteiger charge is -2.13. The maximum Gasteiger partial charge on any atom is 0.285 e. The van der Waals surface area contributed by atoms with Gasteiger partial charge in [-0.25, -0.2) is 4.39 Å². The zero-order valence-electron chi connectivity index (χ0n) is 13.2. The van der Waals surface area contributed by atoms with Crippen LogP contribution in [0.15, 0.2) is 42.7 Å². The summed E-state index contributed by atoms with van der Waals surface area (Å²) in [7, 11) is 0. The molecule has 0 fully saturated rings. The molecule has 0 saturated carbocycles. The summed E-state index contributed by atoms with van der Waals surface area (Å²) in [4.78, 5) is 12.0. The van der Waals surface area contributed by atoms with Gasteiger partial charge in [0, 0.05) is 18.2 Å². The Morgan fingerprint density at radius 2 is 1.83 bits per heavy atom. The highest BCUT2D eigenvalue weighted by atomic mass is 19.1. The number of carbonyl (C=O) groups excluding carboxylic acids is 1. The number of nitrogens with zero attached hydrogens (tertiary/aromatic N) is 1. The van der Waals surface area contributed by atoms with Crippen LogP contribution in [-0.2, 0) is 30.6 Å². The number of hydrogen-bond acceptors (Lipinski definition) is 1. The second-order valence-electron chi connectivity index (χ2n) is 6.10. The van der Waals surface area contributed by atoms with Crippen LogP contribution >= 0.6 is 0 Å². The normalized spacial score (nSPS) is 13.4. The van der Waals surface area contributed by atoms with Crippen molar-refractivity contribution < 1.29 is 13.8 Å². The highest BCUT2D eigenvalue weighted by Gasteiger charge is 2.15. The molecule has 0 aliphatic heterocycles. The van der Waals surface area contributed by atoms with Crippen LogP contribution in [0.5, 0.6) is 0 Å². The number of benzene rings is 1. The minimum atomic E-state index is -0.235. The van der Waals surface area contributed by atoms with E-state index in [1.165, 1.54) is 36.1 Å². The van der Waals surface area contributed by atoms with Gasteiger partial charge in [-0.2, -0.15) is 4.57 Å². The number of hydrogen-bond donors (Lipinski definition) is 1. The molecule has 4 heteroatoms. The van der Waals surface area contributed by atoms with Crippen molar-refractivity contribution in [1.82, 2.24) is 5.32 Å². The molecule has 1 aromatic carbocycles. The minimum Gasteiger partial charge on any atom is -0.350 e. The van der Waals surface area contributed by atoms with Gasteiger partial charge in [-0.05, 0) is 55.4 Å². The van der Waals surface area contributed by atoms with E-state index in [0.717, 1.165) is 18.4 Å². The molecule has 1 heterocycles. The van der Waals surface area contributed by atoms with Gasteiger partial charge in [-0.1, -0.05) is 12.1 Å². The molecule has 1 aromatic heterocycles. The summed E-state index contributed by atoms with van der Waals surface area (Å²) in [6.07, 6.45) is 9.57. The van der Waals surface area contributed by atoms with Gasteiger partial charge in [0.1, 0.15) is 5.82 Å². The first-order valence-corrected chi connectivity index (χ1v) is 8.23. The lowest BCUT2D eigenvalue weighted by molar-refractivity contribution is -0.685. The summed E-state index contributed by atoms with van der Waals surface area (Å²) in [6.45, 7) is 0.909. The van der Waals surface area contributed by atoms with Crippen LogP contribution in [0.3, 0.4) is 0 Å². The molecule has 1 N–H and O–H groups in total. The molecule has 120 valence electrons. The van der Waals surface area contributed by atoms with Crippen molar-refractivity contribution in [3.63, 3.8) is 0 Å². The van der Waals surface area contributed by atoms with Crippen LogP contribution in [0.25, 0.3) is 0 Å². The highest BCUT2D eigenvalue weighted by molar-refractivity contribution is 5.74. The van der Waals surface area contributed by atoms with E-state index in [0.29, 0.717) is 19.5 Å². The molecule has 0 radical (unpaired) electrons. The molecule has 3 nitrogen and oxygen atoms in total. The monoisotopic (exact) mass is 313 g/mol. The number of nitrogens with one attached hydrogen (secondary N) is 1. The van der Waals surface area contributed by atoms with E-state index in [-0.39, 0.29) is 11.7 Å². The van der Waals surface area contributed by atoms with E-state index < -0.39 is 0 Å². The second-order valence-corrected chi connectivity index (χ2v) is 6.10. The van der Waals surface area contributed by atoms with Gasteiger partial charge >= 0.3 is 0 Å². The Labute approximate surface area is 136 Å². The Hall–Kier alpha value is -2.23. The SMILES string of the molecule is O=C(C[n+]1ccc2c(c1)CCCC2)NCCc1ccc(F)cc1. The van der Waals surface area contributed by atoms with Crippen molar-refractivity contribution in [2.75, 3.05) is 6.54 Å². The largest absolute Gasteiger partial charge is 0.350 e. The number of aromatic nitrogens is 1. The summed E-state index contributed by atoms with van der Waals surface area (Å²) in [5.74, 6) is -0.227. The Balaban J connectivity index is 1.48. The third kappa shape index (κ3) is 4.38. The maximum absolute atomic E-state index is 12.8. The Morgan fingerprint density at radius 3 is 2.61 bits per heavy atom. The predicted molar refractivity (Wildman–Crippen MR) is 86.4 cm³/mol. The number of pyridine rings is 1. The Kier molecular flexibility index (Phi) is 5.01. The summed E-state index contributed by atoms with van der Waals surface area (Å²) in [5, 5.41) is 2.92. The molecule has 0 atom stereocenters. The zero-order valence-corrected chi connectivity index (χ0v) is 13.2. The topological polar surface area (TPSA) is 33.0 Å². The van der Waals surface area contributed by atoms with E-state index in [1.807, 2.05) is 10.8 Å². The molecular formula is C19H22FN2O+. The predicted octanol–water partition coefficient (Wildman–Crippen LogP) is 2.35. The number of carbonyl (C=O) groups is 1. The number of halogens is 1. The van der Waals surface area contributed by atoms with Crippen LogP contribution in [0, 0.1) is 5.82 Å². The third-order valence-corrected chi connectivity index (χ3v) is 4.32. The molecule has 0 saturated heterocycles. The molecule has 23 heavy (non-hydrogen) atoms. The first-order chi connectivity index (χ1) is 11.2. The van der Waals surface area contributed by atoms with Crippen LogP contribution in [0.4, 0.5) is 4.39 Å². The average Bonchev–Trinajstić information content (AvgIpc) is 2.56. The van der Waals surface area contributed by atoms with Crippen LogP contribution < -0.4 is 9.88 Å². The Bertz CT molecular complexity index is 682. The van der Waals surface area contributed by atoms with Crippen molar-refractivity contribution >= 4 is 5.91 Å². The summed E-state index contributed by atoms with van der Waals surface area (Å²) in [6, 6.07) is 8.53. The van der Waals surface area contributed by atoms with Crippen LogP contribution in [0.2, 0.25) is 0 Å². The van der Waals surface area contributed by atoms with Gasteiger partial charge < -0.3 is 5.32 Å². The fourth-order valence-corrected chi connectivity index (χ4v) is 3.04. The molecule has 0 unspecified atom stereocenters. The van der Waals surface area contributed by atoms with Gasteiger partial charge in [0.2, 0.25) is 6.54 Å². The number of fused-ring (bicyclic) bond motifs is 1. The smallest absolute Gasteiger partial charge is 0.285 e. The van der Waals surface area contributed by atoms with Gasteiger partial charge in [-0.15, -0.1) is 0 Å². The van der Waals surface area contributed by atoms with Crippen molar-refractivity contribution in [2.45, 2.75) is 38.6 Å². The van der Waals surface area contributed by atoms with E-state index in [2.05, 4.69) is 17.6 Å². The van der Waals surface area contributed by atoms with Crippen molar-refractivity contribution in [1.29, 1.82) is 0 Å². The van der Waals surface area contributed by atoms with Gasteiger partial charge in [0.05, 0.1) is 0 Å². The molecule has 0 spiro atoms. The fraction of sp³-hybridized carbons (Fsp3) is 0.368. The molecule has 1 aliphatic carbocycles. The van der Waals surface area contributed by atoms with Gasteiger partial charge in [0.25, 0.3) is 5.91 Å². The standard InChI is InChI=1S/C19H21FN2O/c20-18-7-5-15(6-8-18)9-11-21-19(23)14-22-12-10-16-3-1-2-4-17(16)13-22/h5-8,10,12-13H,1-4,9,11,14H2/p+1. The van der Waals surface area contributed by atoms with Crippen LogP contribution in [0.1, 0.15) is 29.5 Å². The minimum absolute atomic E-state index is 0.00729. The lowest BCUT2D eigenvalue weighted by Crippen LogP contribution is -2.43. The maximum atomic E-state index is 12.8. The lowest BCUT2D eigenvalue weighted by atomic mass is 9.93. The van der Waals surface area contributed by atoms with Crippen molar-refractivity contribution in [3.8, 4) is 0 Å². The molecule has 3 rings (SSSR count). The fourth-order valence-electron chi connectivity index (χ4n) is 3.04. The molecule has 1 amide bonds. The van der Waals surface area contributed by atoms with Gasteiger partial charge in [0.15, 0.2) is 12.4 Å². The number of aryl methyl sites for hydroxylation is 2. The molecule has 0 bridgehead atoms. The van der Waals surface area contributed by atoms with E-state index >= 15 is 0 Å². The van der Waals surface area contributed by atoms with E-state index in [1.54, 1.807) is 12.1 Å². The average molecular weight is 313 g/mol. The first kappa shape index (κ1) is 15.7. The van der Waals surface area contributed by atoms with Crippen molar-refractivity contribution in [2.24, 2.45) is 0 Å². The zero-order chi connectivity index (χ0) is 16.1. The Morgan fingerprint density at radius 1 is 1.09 bits per heavy atom. The van der Waals surface area contributed by atoms with E-state index in [4.69, 9.17) is 0 Å². The number of rotatable bonds is 5. The van der Waals surface area contributed by atoms with E-state index in [9.17, 15) is 9.18 Å². The first-order valence-electron chi connectivity index (χ1n) is 8.23. The number of amides is 1. The summed E-state index contributed by atoms with van der Waals surface area (Å²) in [5.41, 5.74) is 3.82. The van der Waals surface area contributed by atoms with Crippen molar-refractivity contribution in [3.05, 3.63) is 65.2 Å². The van der Waals surface area contributed by atoms with Crippen LogP contribution in [-0.4, -0.2) is 12.5 Å².